The van der Waals surface area contributed by atoms with Crippen molar-refractivity contribution < 1.29 is 9.47 Å². The van der Waals surface area contributed by atoms with Crippen LogP contribution in [0.15, 0.2) is 30.3 Å². The molecule has 72 valence electrons. The summed E-state index contributed by atoms with van der Waals surface area (Å²) in [4.78, 5) is 0. The number of methoxy groups -OCH3 is 2. The minimum Gasteiger partial charge on any atom is -0.343 e. The first-order valence-corrected chi connectivity index (χ1v) is 4.19. The van der Waals surface area contributed by atoms with Gasteiger partial charge in [0.1, 0.15) is 0 Å². The second kappa shape index (κ2) is 5.70. The van der Waals surface area contributed by atoms with E-state index in [9.17, 15) is 0 Å². The van der Waals surface area contributed by atoms with E-state index in [1.807, 2.05) is 18.2 Å². The summed E-state index contributed by atoms with van der Waals surface area (Å²) in [6, 6.07) is 10.1. The summed E-state index contributed by atoms with van der Waals surface area (Å²) in [6.07, 6.45) is -0.333. The van der Waals surface area contributed by atoms with Crippen LogP contribution in [0.5, 0.6) is 0 Å². The summed E-state index contributed by atoms with van der Waals surface area (Å²) in [5.41, 5.74) is 1.21. The Labute approximate surface area is 78.7 Å². The first kappa shape index (κ1) is 10.2. The second-order valence-electron chi connectivity index (χ2n) is 2.67. The van der Waals surface area contributed by atoms with Crippen molar-refractivity contribution in [2.24, 2.45) is 0 Å². The van der Waals surface area contributed by atoms with Gasteiger partial charge in [-0.1, -0.05) is 30.3 Å². The maximum Gasteiger partial charge on any atom is 0.215 e. The van der Waals surface area contributed by atoms with Gasteiger partial charge in [-0.05, 0) is 5.56 Å². The lowest BCUT2D eigenvalue weighted by molar-refractivity contribution is -0.124. The fourth-order valence-electron chi connectivity index (χ4n) is 1.06. The highest BCUT2D eigenvalue weighted by Gasteiger charge is 2.02. The molecular formula is C10H15NO2. The molecule has 0 aromatic heterocycles. The predicted octanol–water partition coefficient (Wildman–Crippen LogP) is 1.35. The Balaban J connectivity index is 2.34. The van der Waals surface area contributed by atoms with Crippen molar-refractivity contribution in [1.82, 2.24) is 5.32 Å². The summed E-state index contributed by atoms with van der Waals surface area (Å²) >= 11 is 0. The Kier molecular flexibility index (Phi) is 4.46. The highest BCUT2D eigenvalue weighted by atomic mass is 16.7. The van der Waals surface area contributed by atoms with E-state index in [-0.39, 0.29) is 6.41 Å². The Bertz CT molecular complexity index is 222. The monoisotopic (exact) mass is 181 g/mol. The van der Waals surface area contributed by atoms with Gasteiger partial charge < -0.3 is 9.47 Å². The molecule has 1 N–H and O–H groups in total. The van der Waals surface area contributed by atoms with Crippen LogP contribution >= 0.6 is 0 Å². The fraction of sp³-hybridized carbons (Fsp3) is 0.400. The van der Waals surface area contributed by atoms with Crippen molar-refractivity contribution in [3.05, 3.63) is 35.9 Å². The van der Waals surface area contributed by atoms with Gasteiger partial charge in [-0.25, -0.2) is 0 Å². The average molecular weight is 181 g/mol. The molecule has 0 aliphatic rings. The molecule has 0 spiro atoms. The molecule has 0 aliphatic carbocycles. The summed E-state index contributed by atoms with van der Waals surface area (Å²) < 4.78 is 9.98. The molecule has 0 radical (unpaired) electrons. The van der Waals surface area contributed by atoms with Crippen LogP contribution in [0, 0.1) is 0 Å². The molecule has 0 amide bonds. The van der Waals surface area contributed by atoms with Crippen molar-refractivity contribution in [1.29, 1.82) is 0 Å². The highest BCUT2D eigenvalue weighted by Crippen LogP contribution is 1.98. The third-order valence-corrected chi connectivity index (χ3v) is 1.74. The largest absolute Gasteiger partial charge is 0.343 e. The summed E-state index contributed by atoms with van der Waals surface area (Å²) in [7, 11) is 3.21. The van der Waals surface area contributed by atoms with E-state index in [2.05, 4.69) is 17.4 Å². The van der Waals surface area contributed by atoms with Gasteiger partial charge in [0, 0.05) is 20.8 Å². The summed E-state index contributed by atoms with van der Waals surface area (Å²) in [5, 5.41) is 3.09. The molecule has 0 unspecified atom stereocenters. The smallest absolute Gasteiger partial charge is 0.215 e. The van der Waals surface area contributed by atoms with Crippen LogP contribution in [0.1, 0.15) is 5.56 Å². The van der Waals surface area contributed by atoms with Crippen molar-refractivity contribution in [3.63, 3.8) is 0 Å². The van der Waals surface area contributed by atoms with E-state index in [1.54, 1.807) is 14.2 Å². The minimum absolute atomic E-state index is 0.333. The minimum atomic E-state index is -0.333. The Morgan fingerprint density at radius 3 is 2.31 bits per heavy atom. The molecule has 0 saturated heterocycles. The molecule has 1 aromatic carbocycles. The van der Waals surface area contributed by atoms with Crippen molar-refractivity contribution in [2.45, 2.75) is 13.0 Å². The van der Waals surface area contributed by atoms with Crippen molar-refractivity contribution in [3.8, 4) is 0 Å². The van der Waals surface area contributed by atoms with Crippen LogP contribution in [-0.2, 0) is 16.0 Å². The van der Waals surface area contributed by atoms with Crippen LogP contribution < -0.4 is 5.32 Å². The molecule has 3 nitrogen and oxygen atoms in total. The van der Waals surface area contributed by atoms with Gasteiger partial charge in [-0.3, -0.25) is 5.32 Å². The number of rotatable bonds is 5. The molecule has 0 heterocycles. The average Bonchev–Trinajstić information content (AvgIpc) is 2.21. The van der Waals surface area contributed by atoms with Crippen molar-refractivity contribution in [2.75, 3.05) is 14.2 Å². The van der Waals surface area contributed by atoms with Crippen LogP contribution in [0.3, 0.4) is 0 Å². The Morgan fingerprint density at radius 1 is 1.15 bits per heavy atom. The standard InChI is InChI=1S/C10H15NO2/c1-12-10(13-2)11-8-9-6-4-3-5-7-9/h3-7,10-11H,8H2,1-2H3. The molecule has 0 saturated carbocycles. The summed E-state index contributed by atoms with van der Waals surface area (Å²) in [5.74, 6) is 0. The molecule has 0 atom stereocenters. The number of nitrogens with one attached hydrogen (secondary N) is 1. The summed E-state index contributed by atoms with van der Waals surface area (Å²) in [6.45, 7) is 0.743. The molecule has 0 aliphatic heterocycles. The molecule has 0 fully saturated rings. The van der Waals surface area contributed by atoms with E-state index < -0.39 is 0 Å². The first-order valence-electron chi connectivity index (χ1n) is 4.19. The first-order chi connectivity index (χ1) is 6.36. The van der Waals surface area contributed by atoms with E-state index in [1.165, 1.54) is 5.56 Å². The van der Waals surface area contributed by atoms with Crippen molar-refractivity contribution >= 4 is 0 Å². The van der Waals surface area contributed by atoms with E-state index in [4.69, 9.17) is 9.47 Å². The SMILES string of the molecule is COC(NCc1ccccc1)OC. The maximum absolute atomic E-state index is 4.99. The number of benzene rings is 1. The number of hydrogen-bond donors (Lipinski definition) is 1. The topological polar surface area (TPSA) is 30.5 Å². The zero-order valence-electron chi connectivity index (χ0n) is 7.99. The zero-order valence-corrected chi connectivity index (χ0v) is 7.99. The Morgan fingerprint density at radius 2 is 1.77 bits per heavy atom. The number of hydrogen-bond acceptors (Lipinski definition) is 3. The number of ether oxygens (including phenoxy) is 2. The third-order valence-electron chi connectivity index (χ3n) is 1.74. The quantitative estimate of drug-likeness (QED) is 0.695. The van der Waals surface area contributed by atoms with Gasteiger partial charge >= 0.3 is 0 Å². The van der Waals surface area contributed by atoms with Crippen LogP contribution in [0.25, 0.3) is 0 Å². The molecular weight excluding hydrogens is 166 g/mol. The van der Waals surface area contributed by atoms with Gasteiger partial charge in [-0.15, -0.1) is 0 Å². The zero-order chi connectivity index (χ0) is 9.52. The van der Waals surface area contributed by atoms with Gasteiger partial charge in [0.2, 0.25) is 6.41 Å². The lowest BCUT2D eigenvalue weighted by atomic mass is 10.2. The molecule has 0 bridgehead atoms. The van der Waals surface area contributed by atoms with Gasteiger partial charge in [0.15, 0.2) is 0 Å². The normalized spacial score (nSPS) is 10.7. The lowest BCUT2D eigenvalue weighted by Gasteiger charge is -2.14. The van der Waals surface area contributed by atoms with Crippen LogP contribution in [0.2, 0.25) is 0 Å². The van der Waals surface area contributed by atoms with E-state index >= 15 is 0 Å². The predicted molar refractivity (Wildman–Crippen MR) is 51.1 cm³/mol. The van der Waals surface area contributed by atoms with Gasteiger partial charge in [-0.2, -0.15) is 0 Å². The second-order valence-corrected chi connectivity index (χ2v) is 2.67. The maximum atomic E-state index is 4.99. The van der Waals surface area contributed by atoms with Crippen LogP contribution in [0.4, 0.5) is 0 Å². The van der Waals surface area contributed by atoms with E-state index in [0.29, 0.717) is 0 Å². The van der Waals surface area contributed by atoms with Gasteiger partial charge in [0.25, 0.3) is 0 Å². The molecule has 1 aromatic rings. The van der Waals surface area contributed by atoms with E-state index in [0.717, 1.165) is 6.54 Å². The van der Waals surface area contributed by atoms with Crippen LogP contribution in [-0.4, -0.2) is 20.6 Å². The van der Waals surface area contributed by atoms with Gasteiger partial charge in [0.05, 0.1) is 0 Å². The third kappa shape index (κ3) is 3.55. The molecule has 1 rings (SSSR count). The lowest BCUT2D eigenvalue weighted by Crippen LogP contribution is -2.31. The molecule has 13 heavy (non-hydrogen) atoms. The highest BCUT2D eigenvalue weighted by molar-refractivity contribution is 5.14. The molecule has 3 heteroatoms. The fourth-order valence-corrected chi connectivity index (χ4v) is 1.06. The Hall–Kier alpha value is -0.900.